The van der Waals surface area contributed by atoms with Gasteiger partial charge in [0.1, 0.15) is 0 Å². The van der Waals surface area contributed by atoms with E-state index in [4.69, 9.17) is 14.2 Å². The van der Waals surface area contributed by atoms with Crippen LogP contribution in [-0.2, 0) is 27.1 Å². The summed E-state index contributed by atoms with van der Waals surface area (Å²) in [6.45, 7) is 8.22. The largest absolute Gasteiger partial charge is 0.465 e. The molecule has 39 heavy (non-hydrogen) atoms. The number of hydrogen-bond acceptors (Lipinski definition) is 6. The smallest absolute Gasteiger partial charge is 0.338 e. The summed E-state index contributed by atoms with van der Waals surface area (Å²) in [7, 11) is 1.40. The number of ether oxygens (including phenoxy) is 3. The van der Waals surface area contributed by atoms with Gasteiger partial charge in [-0.15, -0.1) is 0 Å². The molecule has 6 heteroatoms. The van der Waals surface area contributed by atoms with Crippen LogP contribution < -0.4 is 0 Å². The Balaban J connectivity index is 1.70. The topological polar surface area (TPSA) is 78.9 Å². The van der Waals surface area contributed by atoms with Gasteiger partial charge in [0, 0.05) is 0 Å². The quantitative estimate of drug-likeness (QED) is 0.174. The van der Waals surface area contributed by atoms with Crippen LogP contribution in [0.2, 0.25) is 0 Å². The fraction of sp³-hybridized carbons (Fsp3) is 0.303. The summed E-state index contributed by atoms with van der Waals surface area (Å²) in [6.07, 6.45) is 1.38. The fourth-order valence-corrected chi connectivity index (χ4v) is 4.90. The SMILES string of the molecule is CCOC(=O)c1cc(C(=O)OCC)c2ccc(CCc3cc(C(=O)OC)c4cc(C(C)C)cccc3-4)ccc1-2. The van der Waals surface area contributed by atoms with E-state index in [1.165, 1.54) is 7.11 Å². The van der Waals surface area contributed by atoms with Crippen molar-refractivity contribution in [1.29, 1.82) is 0 Å². The van der Waals surface area contributed by atoms with E-state index >= 15 is 0 Å². The molecule has 4 rings (SSSR count). The number of rotatable bonds is 9. The first-order valence-corrected chi connectivity index (χ1v) is 13.3. The summed E-state index contributed by atoms with van der Waals surface area (Å²) < 4.78 is 15.5. The molecule has 4 aliphatic rings. The second-order valence-electron chi connectivity index (χ2n) is 9.71. The van der Waals surface area contributed by atoms with Gasteiger partial charge in [-0.1, -0.05) is 62.4 Å². The van der Waals surface area contributed by atoms with Gasteiger partial charge in [-0.3, -0.25) is 0 Å². The highest BCUT2D eigenvalue weighted by molar-refractivity contribution is 6.08. The zero-order valence-electron chi connectivity index (χ0n) is 23.1. The van der Waals surface area contributed by atoms with E-state index in [9.17, 15) is 14.4 Å². The van der Waals surface area contributed by atoms with E-state index in [1.807, 2.05) is 36.4 Å². The van der Waals surface area contributed by atoms with E-state index < -0.39 is 11.9 Å². The molecule has 4 aliphatic carbocycles. The van der Waals surface area contributed by atoms with Crippen LogP contribution in [0.25, 0.3) is 22.3 Å². The van der Waals surface area contributed by atoms with Crippen LogP contribution in [-0.4, -0.2) is 38.2 Å². The number of esters is 3. The molecule has 0 aromatic rings. The molecule has 0 N–H and O–H groups in total. The molecule has 0 saturated heterocycles. The molecule has 0 aromatic carbocycles. The van der Waals surface area contributed by atoms with Crippen molar-refractivity contribution < 1.29 is 28.6 Å². The zero-order chi connectivity index (χ0) is 28.1. The maximum absolute atomic E-state index is 12.6. The van der Waals surface area contributed by atoms with Gasteiger partial charge in [-0.25, -0.2) is 14.4 Å². The third-order valence-corrected chi connectivity index (χ3v) is 6.94. The number of carbonyl (C=O) groups excluding carboxylic acids is 3. The third kappa shape index (κ3) is 5.80. The summed E-state index contributed by atoms with van der Waals surface area (Å²) in [5.74, 6) is -0.980. The van der Waals surface area contributed by atoms with Crippen LogP contribution in [0.4, 0.5) is 0 Å². The maximum Gasteiger partial charge on any atom is 0.338 e. The van der Waals surface area contributed by atoms with E-state index in [0.29, 0.717) is 46.6 Å². The van der Waals surface area contributed by atoms with Crippen molar-refractivity contribution in [3.8, 4) is 22.3 Å². The minimum Gasteiger partial charge on any atom is -0.465 e. The van der Waals surface area contributed by atoms with Crippen LogP contribution in [0, 0.1) is 0 Å². The molecule has 6 nitrogen and oxygen atoms in total. The van der Waals surface area contributed by atoms with Crippen LogP contribution >= 0.6 is 0 Å². The Bertz CT molecular complexity index is 1400. The van der Waals surface area contributed by atoms with Crippen molar-refractivity contribution in [3.63, 3.8) is 0 Å². The monoisotopic (exact) mass is 526 g/mol. The van der Waals surface area contributed by atoms with Gasteiger partial charge in [0.15, 0.2) is 0 Å². The van der Waals surface area contributed by atoms with E-state index in [-0.39, 0.29) is 19.2 Å². The lowest BCUT2D eigenvalue weighted by Crippen LogP contribution is -2.05. The number of fused-ring (bicyclic) bond motifs is 2. The molecule has 0 bridgehead atoms. The Hall–Kier alpha value is -4.19. The summed E-state index contributed by atoms with van der Waals surface area (Å²) in [6, 6.07) is 19.4. The minimum absolute atomic E-state index is 0.238. The lowest BCUT2D eigenvalue weighted by atomic mass is 10.0. The molecular weight excluding hydrogens is 492 g/mol. The van der Waals surface area contributed by atoms with Gasteiger partial charge in [0.05, 0.1) is 37.0 Å². The van der Waals surface area contributed by atoms with Crippen molar-refractivity contribution in [1.82, 2.24) is 0 Å². The normalized spacial score (nSPS) is 11.1. The maximum atomic E-state index is 12.6. The van der Waals surface area contributed by atoms with Crippen molar-refractivity contribution in [3.05, 3.63) is 94.0 Å². The summed E-state index contributed by atoms with van der Waals surface area (Å²) in [4.78, 5) is 37.9. The predicted octanol–water partition coefficient (Wildman–Crippen LogP) is 6.94. The summed E-state index contributed by atoms with van der Waals surface area (Å²) in [5.41, 5.74) is 7.67. The van der Waals surface area contributed by atoms with Gasteiger partial charge in [-0.2, -0.15) is 0 Å². The predicted molar refractivity (Wildman–Crippen MR) is 151 cm³/mol. The lowest BCUT2D eigenvalue weighted by Gasteiger charge is -2.05. The summed E-state index contributed by atoms with van der Waals surface area (Å²) >= 11 is 0. The molecule has 0 amide bonds. The summed E-state index contributed by atoms with van der Waals surface area (Å²) in [5, 5.41) is 0. The van der Waals surface area contributed by atoms with Crippen LogP contribution in [0.1, 0.15) is 81.4 Å². The Labute approximate surface area is 229 Å². The Morgan fingerprint density at radius 1 is 0.667 bits per heavy atom. The van der Waals surface area contributed by atoms with Crippen molar-refractivity contribution in [2.75, 3.05) is 20.3 Å². The average molecular weight is 527 g/mol. The van der Waals surface area contributed by atoms with Crippen molar-refractivity contribution in [2.45, 2.75) is 46.5 Å². The van der Waals surface area contributed by atoms with Crippen LogP contribution in [0.15, 0.2) is 60.7 Å². The molecule has 0 heterocycles. The van der Waals surface area contributed by atoms with E-state index in [1.54, 1.807) is 19.9 Å². The molecule has 202 valence electrons. The Morgan fingerprint density at radius 2 is 1.26 bits per heavy atom. The molecule has 0 aromatic heterocycles. The average Bonchev–Trinajstić information content (AvgIpc) is 3.25. The number of carbonyl (C=O) groups is 3. The van der Waals surface area contributed by atoms with Gasteiger partial charge in [-0.05, 0) is 83.7 Å². The molecule has 0 saturated carbocycles. The van der Waals surface area contributed by atoms with Crippen LogP contribution in [0.3, 0.4) is 0 Å². The second kappa shape index (κ2) is 12.1. The van der Waals surface area contributed by atoms with Crippen molar-refractivity contribution >= 4 is 17.9 Å². The highest BCUT2D eigenvalue weighted by Gasteiger charge is 2.25. The Kier molecular flexibility index (Phi) is 8.65. The first kappa shape index (κ1) is 27.8. The second-order valence-corrected chi connectivity index (χ2v) is 9.71. The molecule has 0 atom stereocenters. The lowest BCUT2D eigenvalue weighted by molar-refractivity contribution is 0.0525. The molecular formula is C33H34O6. The fourth-order valence-electron chi connectivity index (χ4n) is 4.90. The van der Waals surface area contributed by atoms with Gasteiger partial charge < -0.3 is 14.2 Å². The molecule has 0 radical (unpaired) electrons. The van der Waals surface area contributed by atoms with Crippen LogP contribution in [0.5, 0.6) is 0 Å². The highest BCUT2D eigenvalue weighted by Crippen LogP contribution is 2.36. The molecule has 0 aliphatic heterocycles. The minimum atomic E-state index is -0.474. The number of hydrogen-bond donors (Lipinski definition) is 0. The van der Waals surface area contributed by atoms with E-state index in [2.05, 4.69) is 32.0 Å². The number of aryl methyl sites for hydroxylation is 2. The van der Waals surface area contributed by atoms with Gasteiger partial charge >= 0.3 is 17.9 Å². The first-order chi connectivity index (χ1) is 18.8. The molecule has 0 unspecified atom stereocenters. The standard InChI is InChI=1S/C33H34O6/c1-6-38-32(35)29-19-30(33(36)39-7-2)26-16-13-21(12-15-25(26)29)11-14-23-18-28(31(34)37-5)27-17-22(20(3)4)9-8-10-24(23)27/h8-10,12-13,15-20H,6-7,11,14H2,1-5H3. The van der Waals surface area contributed by atoms with Gasteiger partial charge in [0.25, 0.3) is 0 Å². The highest BCUT2D eigenvalue weighted by atomic mass is 16.5. The first-order valence-electron chi connectivity index (χ1n) is 13.3. The van der Waals surface area contributed by atoms with E-state index in [0.717, 1.165) is 27.8 Å². The van der Waals surface area contributed by atoms with Gasteiger partial charge in [0.2, 0.25) is 0 Å². The number of methoxy groups -OCH3 is 1. The zero-order valence-corrected chi connectivity index (χ0v) is 23.1. The molecule has 0 spiro atoms. The third-order valence-electron chi connectivity index (χ3n) is 6.94. The van der Waals surface area contributed by atoms with Crippen molar-refractivity contribution in [2.24, 2.45) is 0 Å². The molecule has 0 fully saturated rings. The Morgan fingerprint density at radius 3 is 1.79 bits per heavy atom.